The van der Waals surface area contributed by atoms with Crippen molar-refractivity contribution >= 4 is 16.3 Å². The highest BCUT2D eigenvalue weighted by atomic mass is 32.2. The summed E-state index contributed by atoms with van der Waals surface area (Å²) in [6.45, 7) is 1.57. The van der Waals surface area contributed by atoms with Crippen LogP contribution >= 0.6 is 0 Å². The van der Waals surface area contributed by atoms with Gasteiger partial charge >= 0.3 is 6.18 Å². The Bertz CT molecular complexity index is 874. The van der Waals surface area contributed by atoms with Crippen molar-refractivity contribution in [1.29, 1.82) is 0 Å². The Labute approximate surface area is 147 Å². The molecule has 0 atom stereocenters. The van der Waals surface area contributed by atoms with E-state index in [9.17, 15) is 21.6 Å². The average Bonchev–Trinajstić information content (AvgIpc) is 2.95. The van der Waals surface area contributed by atoms with Crippen molar-refractivity contribution in [3.63, 3.8) is 0 Å². The van der Waals surface area contributed by atoms with Crippen molar-refractivity contribution in [2.24, 2.45) is 5.16 Å². The SMILES string of the molecule is CCON=Cc1c(COS(C)(=O)=O)noc1-c1ccc(C(F)(F)F)cc1. The zero-order valence-electron chi connectivity index (χ0n) is 13.8. The van der Waals surface area contributed by atoms with Crippen LogP contribution in [-0.4, -0.2) is 32.7 Å². The van der Waals surface area contributed by atoms with E-state index in [0.29, 0.717) is 5.56 Å². The Kier molecular flexibility index (Phi) is 6.03. The molecule has 0 saturated carbocycles. The summed E-state index contributed by atoms with van der Waals surface area (Å²) in [4.78, 5) is 4.85. The summed E-state index contributed by atoms with van der Waals surface area (Å²) in [5.41, 5.74) is -0.171. The zero-order valence-corrected chi connectivity index (χ0v) is 14.6. The van der Waals surface area contributed by atoms with E-state index in [4.69, 9.17) is 9.36 Å². The fourth-order valence-corrected chi connectivity index (χ4v) is 2.24. The Morgan fingerprint density at radius 2 is 1.92 bits per heavy atom. The fraction of sp³-hybridized carbons (Fsp3) is 0.333. The molecule has 0 N–H and O–H groups in total. The van der Waals surface area contributed by atoms with E-state index in [1.165, 1.54) is 18.3 Å². The number of benzene rings is 1. The lowest BCUT2D eigenvalue weighted by atomic mass is 10.1. The molecule has 0 amide bonds. The molecular formula is C15H15F3N2O5S. The Morgan fingerprint density at radius 3 is 2.46 bits per heavy atom. The zero-order chi connectivity index (χ0) is 19.4. The van der Waals surface area contributed by atoms with Crippen molar-refractivity contribution in [1.82, 2.24) is 5.16 Å². The molecule has 0 spiro atoms. The molecule has 0 saturated heterocycles. The molecule has 0 unspecified atom stereocenters. The van der Waals surface area contributed by atoms with E-state index in [1.807, 2.05) is 0 Å². The van der Waals surface area contributed by atoms with Crippen molar-refractivity contribution in [2.45, 2.75) is 19.7 Å². The van der Waals surface area contributed by atoms with E-state index in [2.05, 4.69) is 14.5 Å². The fourth-order valence-electron chi connectivity index (χ4n) is 1.91. The highest BCUT2D eigenvalue weighted by Crippen LogP contribution is 2.32. The molecule has 26 heavy (non-hydrogen) atoms. The minimum atomic E-state index is -4.46. The number of aromatic nitrogens is 1. The number of halogens is 3. The molecule has 0 fully saturated rings. The Morgan fingerprint density at radius 1 is 1.27 bits per heavy atom. The van der Waals surface area contributed by atoms with E-state index < -0.39 is 28.5 Å². The van der Waals surface area contributed by atoms with Gasteiger partial charge in [-0.2, -0.15) is 21.6 Å². The van der Waals surface area contributed by atoms with Gasteiger partial charge in [-0.25, -0.2) is 0 Å². The summed E-state index contributed by atoms with van der Waals surface area (Å²) in [6, 6.07) is 4.22. The highest BCUT2D eigenvalue weighted by Gasteiger charge is 2.30. The number of hydrogen-bond acceptors (Lipinski definition) is 7. The van der Waals surface area contributed by atoms with Gasteiger partial charge in [0.2, 0.25) is 0 Å². The summed E-state index contributed by atoms with van der Waals surface area (Å²) in [7, 11) is -3.72. The third kappa shape index (κ3) is 5.30. The third-order valence-corrected chi connectivity index (χ3v) is 3.62. The molecule has 1 aromatic heterocycles. The second-order valence-electron chi connectivity index (χ2n) is 5.07. The number of oxime groups is 1. The first-order chi connectivity index (χ1) is 12.1. The molecule has 2 aromatic rings. The predicted octanol–water partition coefficient (Wildman–Crippen LogP) is 3.21. The Balaban J connectivity index is 2.39. The lowest BCUT2D eigenvalue weighted by Crippen LogP contribution is -2.05. The number of alkyl halides is 3. The third-order valence-electron chi connectivity index (χ3n) is 3.07. The van der Waals surface area contributed by atoms with Crippen LogP contribution in [0.2, 0.25) is 0 Å². The van der Waals surface area contributed by atoms with Gasteiger partial charge in [-0.3, -0.25) is 4.18 Å². The predicted molar refractivity (Wildman–Crippen MR) is 85.8 cm³/mol. The van der Waals surface area contributed by atoms with Crippen molar-refractivity contribution in [3.8, 4) is 11.3 Å². The summed E-state index contributed by atoms with van der Waals surface area (Å²) in [5, 5.41) is 7.38. The minimum Gasteiger partial charge on any atom is -0.396 e. The van der Waals surface area contributed by atoms with E-state index in [1.54, 1.807) is 6.92 Å². The molecular weight excluding hydrogens is 377 g/mol. The maximum atomic E-state index is 12.7. The molecule has 142 valence electrons. The van der Waals surface area contributed by atoms with Gasteiger partial charge in [-0.1, -0.05) is 22.4 Å². The minimum absolute atomic E-state index is 0.105. The Hall–Kier alpha value is -2.40. The molecule has 11 heteroatoms. The normalized spacial score (nSPS) is 12.7. The monoisotopic (exact) mass is 392 g/mol. The van der Waals surface area contributed by atoms with Crippen LogP contribution in [0.25, 0.3) is 11.3 Å². The highest BCUT2D eigenvalue weighted by molar-refractivity contribution is 7.85. The second kappa shape index (κ2) is 7.87. The molecule has 0 aliphatic heterocycles. The van der Waals surface area contributed by atoms with Crippen molar-refractivity contribution < 1.29 is 35.1 Å². The first-order valence-electron chi connectivity index (χ1n) is 7.27. The van der Waals surface area contributed by atoms with E-state index >= 15 is 0 Å². The maximum Gasteiger partial charge on any atom is 0.416 e. The van der Waals surface area contributed by atoms with Crippen LogP contribution in [0.15, 0.2) is 33.9 Å². The van der Waals surface area contributed by atoms with Crippen LogP contribution in [0.1, 0.15) is 23.7 Å². The van der Waals surface area contributed by atoms with Gasteiger partial charge in [-0.05, 0) is 19.1 Å². The van der Waals surface area contributed by atoms with Gasteiger partial charge < -0.3 is 9.36 Å². The largest absolute Gasteiger partial charge is 0.416 e. The van der Waals surface area contributed by atoms with Crippen LogP contribution in [0.3, 0.4) is 0 Å². The van der Waals surface area contributed by atoms with Crippen LogP contribution < -0.4 is 0 Å². The van der Waals surface area contributed by atoms with E-state index in [0.717, 1.165) is 18.4 Å². The molecule has 0 radical (unpaired) electrons. The second-order valence-corrected chi connectivity index (χ2v) is 6.71. The molecule has 2 rings (SSSR count). The van der Waals surface area contributed by atoms with Gasteiger partial charge in [0.05, 0.1) is 23.6 Å². The van der Waals surface area contributed by atoms with Crippen LogP contribution in [-0.2, 0) is 31.9 Å². The molecule has 1 aromatic carbocycles. The summed E-state index contributed by atoms with van der Waals surface area (Å²) in [5.74, 6) is 0.106. The quantitative estimate of drug-likeness (QED) is 0.408. The molecule has 1 heterocycles. The summed E-state index contributed by atoms with van der Waals surface area (Å²) < 4.78 is 70.1. The van der Waals surface area contributed by atoms with Crippen molar-refractivity contribution in [2.75, 3.05) is 12.9 Å². The number of rotatable bonds is 7. The topological polar surface area (TPSA) is 91.0 Å². The molecule has 0 bridgehead atoms. The smallest absolute Gasteiger partial charge is 0.396 e. The number of nitrogens with zero attached hydrogens (tertiary/aromatic N) is 2. The summed E-state index contributed by atoms with van der Waals surface area (Å²) >= 11 is 0. The van der Waals surface area contributed by atoms with Gasteiger partial charge in [0, 0.05) is 5.56 Å². The van der Waals surface area contributed by atoms with Gasteiger partial charge in [0.25, 0.3) is 10.1 Å². The van der Waals surface area contributed by atoms with Gasteiger partial charge in [-0.15, -0.1) is 0 Å². The molecule has 0 aliphatic rings. The van der Waals surface area contributed by atoms with Gasteiger partial charge in [0.15, 0.2) is 5.76 Å². The van der Waals surface area contributed by atoms with Crippen LogP contribution in [0.4, 0.5) is 13.2 Å². The maximum absolute atomic E-state index is 12.7. The van der Waals surface area contributed by atoms with Crippen LogP contribution in [0.5, 0.6) is 0 Å². The first kappa shape index (κ1) is 19.9. The lowest BCUT2D eigenvalue weighted by Gasteiger charge is -2.06. The van der Waals surface area contributed by atoms with E-state index in [-0.39, 0.29) is 23.6 Å². The first-order valence-corrected chi connectivity index (χ1v) is 9.09. The van der Waals surface area contributed by atoms with Crippen LogP contribution in [0, 0.1) is 0 Å². The van der Waals surface area contributed by atoms with Gasteiger partial charge in [0.1, 0.15) is 18.9 Å². The summed E-state index contributed by atoms with van der Waals surface area (Å²) in [6.07, 6.45) is -2.36. The number of hydrogen-bond donors (Lipinski definition) is 0. The molecule has 0 aliphatic carbocycles. The molecule has 7 nitrogen and oxygen atoms in total. The van der Waals surface area contributed by atoms with Crippen molar-refractivity contribution in [3.05, 3.63) is 41.1 Å². The lowest BCUT2D eigenvalue weighted by molar-refractivity contribution is -0.137. The standard InChI is InChI=1S/C15H15F3N2O5S/c1-3-23-19-8-12-13(9-24-26(2,21)22)20-25-14(12)10-4-6-11(7-5-10)15(16,17)18/h4-8H,3,9H2,1-2H3. The average molecular weight is 392 g/mol.